The van der Waals surface area contributed by atoms with Crippen molar-refractivity contribution in [2.45, 2.75) is 33.7 Å². The highest BCUT2D eigenvalue weighted by Crippen LogP contribution is 2.17. The third-order valence-corrected chi connectivity index (χ3v) is 4.72. The van der Waals surface area contributed by atoms with Gasteiger partial charge in [0.1, 0.15) is 0 Å². The maximum absolute atomic E-state index is 12.4. The zero-order chi connectivity index (χ0) is 18.7. The monoisotopic (exact) mass is 349 g/mol. The van der Waals surface area contributed by atoms with Gasteiger partial charge < -0.3 is 9.30 Å². The molecule has 0 fully saturated rings. The number of fused-ring (bicyclic) bond motifs is 1. The van der Waals surface area contributed by atoms with Crippen molar-refractivity contribution in [1.29, 1.82) is 0 Å². The minimum absolute atomic E-state index is 0.159. The number of hydrogen-bond acceptors (Lipinski definition) is 3. The molecular formula is C22H23NO3. The Kier molecular flexibility index (Phi) is 5.21. The Morgan fingerprint density at radius 3 is 2.42 bits per heavy atom. The lowest BCUT2D eigenvalue weighted by Gasteiger charge is -2.07. The van der Waals surface area contributed by atoms with Gasteiger partial charge >= 0.3 is 5.97 Å². The minimum atomic E-state index is -0.391. The number of carbonyl (C=O) groups is 2. The largest absolute Gasteiger partial charge is 0.457 e. The normalized spacial score (nSPS) is 10.9. The fourth-order valence-corrected chi connectivity index (χ4v) is 3.36. The fourth-order valence-electron chi connectivity index (χ4n) is 3.36. The second-order valence-corrected chi connectivity index (χ2v) is 6.47. The van der Waals surface area contributed by atoms with Crippen LogP contribution in [-0.4, -0.2) is 22.9 Å². The molecule has 0 bridgehead atoms. The third-order valence-electron chi connectivity index (χ3n) is 4.72. The summed E-state index contributed by atoms with van der Waals surface area (Å²) < 4.78 is 7.29. The van der Waals surface area contributed by atoms with E-state index >= 15 is 0 Å². The van der Waals surface area contributed by atoms with E-state index in [2.05, 4.69) is 4.57 Å². The molecule has 0 aliphatic carbocycles. The molecule has 0 N–H and O–H groups in total. The summed E-state index contributed by atoms with van der Waals surface area (Å²) in [7, 11) is 0. The first-order chi connectivity index (χ1) is 12.5. The standard InChI is InChI=1S/C22H23NO3/c1-4-23-15(2)11-20(16(23)3)21(24)14-26-22(25)13-17-9-10-18-7-5-6-8-19(18)12-17/h5-12H,4,13-14H2,1-3H3. The van der Waals surface area contributed by atoms with Crippen molar-refractivity contribution in [1.82, 2.24) is 4.57 Å². The van der Waals surface area contributed by atoms with Crippen molar-refractivity contribution >= 4 is 22.5 Å². The van der Waals surface area contributed by atoms with Crippen LogP contribution in [0.3, 0.4) is 0 Å². The molecule has 0 spiro atoms. The van der Waals surface area contributed by atoms with Crippen LogP contribution < -0.4 is 0 Å². The number of Topliss-reactive ketones (excluding diaryl/α,β-unsaturated/α-hetero) is 1. The number of ether oxygens (including phenoxy) is 1. The Balaban J connectivity index is 1.62. The number of rotatable bonds is 6. The molecule has 3 rings (SSSR count). The van der Waals surface area contributed by atoms with Crippen LogP contribution in [-0.2, 0) is 22.5 Å². The van der Waals surface area contributed by atoms with E-state index in [4.69, 9.17) is 4.74 Å². The van der Waals surface area contributed by atoms with Crippen LogP contribution in [0.4, 0.5) is 0 Å². The first-order valence-electron chi connectivity index (χ1n) is 8.82. The molecule has 3 aromatic rings. The fraction of sp³-hybridized carbons (Fsp3) is 0.273. The lowest BCUT2D eigenvalue weighted by atomic mass is 10.1. The molecule has 0 atom stereocenters. The maximum Gasteiger partial charge on any atom is 0.310 e. The van der Waals surface area contributed by atoms with Crippen molar-refractivity contribution in [2.75, 3.05) is 6.61 Å². The molecule has 26 heavy (non-hydrogen) atoms. The summed E-state index contributed by atoms with van der Waals surface area (Å²) in [6.45, 7) is 6.52. The lowest BCUT2D eigenvalue weighted by molar-refractivity contribution is -0.141. The van der Waals surface area contributed by atoms with Gasteiger partial charge in [-0.2, -0.15) is 0 Å². The zero-order valence-corrected chi connectivity index (χ0v) is 15.4. The number of carbonyl (C=O) groups excluding carboxylic acids is 2. The molecule has 0 saturated carbocycles. The van der Waals surface area contributed by atoms with Gasteiger partial charge in [0, 0.05) is 23.5 Å². The van der Waals surface area contributed by atoms with Crippen molar-refractivity contribution < 1.29 is 14.3 Å². The first kappa shape index (κ1) is 17.9. The minimum Gasteiger partial charge on any atom is -0.457 e. The molecule has 0 saturated heterocycles. The van der Waals surface area contributed by atoms with Crippen molar-refractivity contribution in [2.24, 2.45) is 0 Å². The summed E-state index contributed by atoms with van der Waals surface area (Å²) in [5.74, 6) is -0.553. The summed E-state index contributed by atoms with van der Waals surface area (Å²) in [6.07, 6.45) is 0.159. The summed E-state index contributed by atoms with van der Waals surface area (Å²) in [5.41, 5.74) is 3.46. The Labute approximate surface area is 153 Å². The average molecular weight is 349 g/mol. The molecule has 134 valence electrons. The van der Waals surface area contributed by atoms with Gasteiger partial charge in [0.15, 0.2) is 6.61 Å². The zero-order valence-electron chi connectivity index (χ0n) is 15.4. The number of aromatic nitrogens is 1. The number of esters is 1. The smallest absolute Gasteiger partial charge is 0.310 e. The highest BCUT2D eigenvalue weighted by molar-refractivity contribution is 5.99. The predicted octanol–water partition coefficient (Wildman–Crippen LogP) is 4.25. The van der Waals surface area contributed by atoms with Crippen LogP contribution in [0.25, 0.3) is 10.8 Å². The molecule has 4 nitrogen and oxygen atoms in total. The summed E-state index contributed by atoms with van der Waals surface area (Å²) in [4.78, 5) is 24.5. The van der Waals surface area contributed by atoms with E-state index in [1.54, 1.807) is 0 Å². The van der Waals surface area contributed by atoms with E-state index in [9.17, 15) is 9.59 Å². The predicted molar refractivity (Wildman–Crippen MR) is 103 cm³/mol. The van der Waals surface area contributed by atoms with Crippen molar-refractivity contribution in [3.63, 3.8) is 0 Å². The third kappa shape index (κ3) is 3.69. The van der Waals surface area contributed by atoms with Crippen molar-refractivity contribution in [3.8, 4) is 0 Å². The molecule has 0 radical (unpaired) electrons. The summed E-state index contributed by atoms with van der Waals surface area (Å²) >= 11 is 0. The van der Waals surface area contributed by atoms with Crippen LogP contribution in [0, 0.1) is 13.8 Å². The first-order valence-corrected chi connectivity index (χ1v) is 8.82. The Morgan fingerprint density at radius 1 is 1.00 bits per heavy atom. The topological polar surface area (TPSA) is 48.3 Å². The number of hydrogen-bond donors (Lipinski definition) is 0. The average Bonchev–Trinajstić information content (AvgIpc) is 2.93. The summed E-state index contributed by atoms with van der Waals surface area (Å²) in [5, 5.41) is 2.21. The molecule has 1 aromatic heterocycles. The Hall–Kier alpha value is -2.88. The highest BCUT2D eigenvalue weighted by Gasteiger charge is 2.17. The lowest BCUT2D eigenvalue weighted by Crippen LogP contribution is -2.16. The van der Waals surface area contributed by atoms with E-state index in [0.29, 0.717) is 5.56 Å². The van der Waals surface area contributed by atoms with Gasteiger partial charge in [0.25, 0.3) is 0 Å². The van der Waals surface area contributed by atoms with Crippen LogP contribution >= 0.6 is 0 Å². The van der Waals surface area contributed by atoms with Crippen molar-refractivity contribution in [3.05, 3.63) is 71.0 Å². The van der Waals surface area contributed by atoms with E-state index in [1.165, 1.54) is 0 Å². The molecule has 2 aromatic carbocycles. The molecule has 1 heterocycles. The van der Waals surface area contributed by atoms with Crippen LogP contribution in [0.1, 0.15) is 34.2 Å². The Morgan fingerprint density at radius 2 is 1.73 bits per heavy atom. The number of nitrogens with zero attached hydrogens (tertiary/aromatic N) is 1. The van der Waals surface area contributed by atoms with Gasteiger partial charge in [0.2, 0.25) is 5.78 Å². The maximum atomic E-state index is 12.4. The van der Waals surface area contributed by atoms with Crippen LogP contribution in [0.15, 0.2) is 48.5 Å². The molecule has 0 amide bonds. The van der Waals surface area contributed by atoms with Gasteiger partial charge in [-0.1, -0.05) is 42.5 Å². The second-order valence-electron chi connectivity index (χ2n) is 6.47. The Bertz CT molecular complexity index is 969. The number of aryl methyl sites for hydroxylation is 1. The SMILES string of the molecule is CCn1c(C)cc(C(=O)COC(=O)Cc2ccc3ccccc3c2)c1C. The molecule has 0 aliphatic rings. The van der Waals surface area contributed by atoms with Crippen LogP contribution in [0.5, 0.6) is 0 Å². The van der Waals surface area contributed by atoms with Gasteiger partial charge in [-0.3, -0.25) is 9.59 Å². The number of benzene rings is 2. The highest BCUT2D eigenvalue weighted by atomic mass is 16.5. The van der Waals surface area contributed by atoms with Gasteiger partial charge in [0.05, 0.1) is 6.42 Å². The summed E-state index contributed by atoms with van der Waals surface area (Å²) in [6, 6.07) is 15.7. The molecule has 4 heteroatoms. The van der Waals surface area contributed by atoms with E-state index in [0.717, 1.165) is 34.3 Å². The second kappa shape index (κ2) is 7.56. The van der Waals surface area contributed by atoms with E-state index in [-0.39, 0.29) is 18.8 Å². The van der Waals surface area contributed by atoms with Crippen LogP contribution in [0.2, 0.25) is 0 Å². The molecule has 0 unspecified atom stereocenters. The van der Waals surface area contributed by atoms with Gasteiger partial charge in [-0.25, -0.2) is 0 Å². The van der Waals surface area contributed by atoms with Gasteiger partial charge in [-0.05, 0) is 43.2 Å². The van der Waals surface area contributed by atoms with Gasteiger partial charge in [-0.15, -0.1) is 0 Å². The van der Waals surface area contributed by atoms with E-state index < -0.39 is 5.97 Å². The van der Waals surface area contributed by atoms with E-state index in [1.807, 2.05) is 69.3 Å². The molecular weight excluding hydrogens is 326 g/mol. The number of ketones is 1. The molecule has 0 aliphatic heterocycles. The quantitative estimate of drug-likeness (QED) is 0.494.